The molecule has 8 nitrogen and oxygen atoms in total. The molecule has 34 heavy (non-hydrogen) atoms. The van der Waals surface area contributed by atoms with Gasteiger partial charge >= 0.3 is 5.97 Å². The monoisotopic (exact) mass is 462 g/mol. The third kappa shape index (κ3) is 4.25. The summed E-state index contributed by atoms with van der Waals surface area (Å²) in [6.07, 6.45) is 0. The van der Waals surface area contributed by atoms with Gasteiger partial charge < -0.3 is 28.1 Å². The topological polar surface area (TPSA) is 93.4 Å². The summed E-state index contributed by atoms with van der Waals surface area (Å²) in [5.74, 6) is 1.15. The minimum Gasteiger partial charge on any atom is -0.497 e. The van der Waals surface area contributed by atoms with E-state index in [1.807, 2.05) is 0 Å². The highest BCUT2D eigenvalue weighted by Crippen LogP contribution is 2.43. The number of hydrogen-bond acceptors (Lipinski definition) is 8. The fourth-order valence-electron chi connectivity index (χ4n) is 3.47. The molecule has 4 rings (SSSR count). The molecule has 0 fully saturated rings. The molecule has 8 heteroatoms. The first-order chi connectivity index (χ1) is 16.5. The Bertz CT molecular complexity index is 1390. The zero-order valence-electron chi connectivity index (χ0n) is 19.0. The van der Waals surface area contributed by atoms with Gasteiger partial charge in [0.25, 0.3) is 0 Å². The lowest BCUT2D eigenvalue weighted by atomic mass is 10.1. The van der Waals surface area contributed by atoms with Crippen LogP contribution in [-0.2, 0) is 0 Å². The summed E-state index contributed by atoms with van der Waals surface area (Å²) in [7, 11) is 5.89. The molecule has 0 radical (unpaired) electrons. The number of benzene rings is 3. The van der Waals surface area contributed by atoms with Crippen molar-refractivity contribution in [3.05, 3.63) is 76.5 Å². The Hall–Kier alpha value is -4.46. The van der Waals surface area contributed by atoms with Crippen LogP contribution in [0.4, 0.5) is 0 Å². The second-order valence-corrected chi connectivity index (χ2v) is 7.14. The Kier molecular flexibility index (Phi) is 6.40. The number of ether oxygens (including phenoxy) is 5. The van der Waals surface area contributed by atoms with Crippen LogP contribution in [0.15, 0.2) is 69.9 Å². The molecule has 1 heterocycles. The van der Waals surface area contributed by atoms with Gasteiger partial charge in [0.15, 0.2) is 16.9 Å². The van der Waals surface area contributed by atoms with E-state index >= 15 is 0 Å². The molecule has 0 aliphatic heterocycles. The van der Waals surface area contributed by atoms with Crippen LogP contribution >= 0.6 is 0 Å². The van der Waals surface area contributed by atoms with E-state index in [0.717, 1.165) is 0 Å². The van der Waals surface area contributed by atoms with Gasteiger partial charge in [-0.3, -0.25) is 4.79 Å². The van der Waals surface area contributed by atoms with Crippen LogP contribution in [0.25, 0.3) is 22.3 Å². The van der Waals surface area contributed by atoms with E-state index in [-0.39, 0.29) is 39.2 Å². The summed E-state index contributed by atoms with van der Waals surface area (Å²) in [5.41, 5.74) is 0.823. The summed E-state index contributed by atoms with van der Waals surface area (Å²) in [4.78, 5) is 25.9. The summed E-state index contributed by atoms with van der Waals surface area (Å²) >= 11 is 0. The zero-order chi connectivity index (χ0) is 24.2. The number of hydrogen-bond donors (Lipinski definition) is 0. The highest BCUT2D eigenvalue weighted by atomic mass is 16.6. The Labute approximate surface area is 195 Å². The maximum atomic E-state index is 13.1. The van der Waals surface area contributed by atoms with Crippen molar-refractivity contribution in [2.24, 2.45) is 0 Å². The number of carbonyl (C=O) groups excluding carboxylic acids is 1. The van der Waals surface area contributed by atoms with E-state index in [1.54, 1.807) is 55.6 Å². The van der Waals surface area contributed by atoms with Crippen LogP contribution in [0.5, 0.6) is 28.7 Å². The van der Waals surface area contributed by atoms with Gasteiger partial charge in [-0.15, -0.1) is 0 Å². The van der Waals surface area contributed by atoms with E-state index in [0.29, 0.717) is 22.8 Å². The number of carbonyl (C=O) groups is 1. The second kappa shape index (κ2) is 9.58. The predicted molar refractivity (Wildman–Crippen MR) is 126 cm³/mol. The van der Waals surface area contributed by atoms with Crippen molar-refractivity contribution in [3.63, 3.8) is 0 Å². The largest absolute Gasteiger partial charge is 0.497 e. The number of fused-ring (bicyclic) bond motifs is 1. The SMILES string of the molecule is COc1ccc(C(=O)Oc2c(OC)cc3oc(-c4ccc(OC)cc4)cc(=O)c3c2OC)cc1. The van der Waals surface area contributed by atoms with Crippen molar-refractivity contribution < 1.29 is 32.9 Å². The summed E-state index contributed by atoms with van der Waals surface area (Å²) < 4.78 is 32.8. The quantitative estimate of drug-likeness (QED) is 0.288. The smallest absolute Gasteiger partial charge is 0.343 e. The van der Waals surface area contributed by atoms with Crippen LogP contribution in [0.1, 0.15) is 10.4 Å². The van der Waals surface area contributed by atoms with Crippen LogP contribution in [0.3, 0.4) is 0 Å². The zero-order valence-corrected chi connectivity index (χ0v) is 19.0. The lowest BCUT2D eigenvalue weighted by molar-refractivity contribution is 0.0724. The first-order valence-corrected chi connectivity index (χ1v) is 10.2. The number of rotatable bonds is 7. The molecule has 0 saturated carbocycles. The normalized spacial score (nSPS) is 10.6. The molecule has 0 spiro atoms. The lowest BCUT2D eigenvalue weighted by Gasteiger charge is -2.15. The van der Waals surface area contributed by atoms with Crippen molar-refractivity contribution >= 4 is 16.9 Å². The Morgan fingerprint density at radius 2 is 1.35 bits per heavy atom. The molecule has 0 bridgehead atoms. The standard InChI is InChI=1S/C26H22O8/c1-29-17-9-5-15(6-10-17)20-13-19(27)23-21(33-20)14-22(31-3)24(25(23)32-4)34-26(28)16-7-11-18(30-2)12-8-16/h5-14H,1-4H3. The molecular weight excluding hydrogens is 440 g/mol. The van der Waals surface area contributed by atoms with E-state index in [1.165, 1.54) is 33.5 Å². The summed E-state index contributed by atoms with van der Waals surface area (Å²) in [5, 5.41) is 0.123. The van der Waals surface area contributed by atoms with Crippen LogP contribution in [0, 0.1) is 0 Å². The predicted octanol–water partition coefficient (Wildman–Crippen LogP) is 4.71. The highest BCUT2D eigenvalue weighted by Gasteiger charge is 2.24. The summed E-state index contributed by atoms with van der Waals surface area (Å²) in [6.45, 7) is 0. The Morgan fingerprint density at radius 3 is 1.91 bits per heavy atom. The lowest BCUT2D eigenvalue weighted by Crippen LogP contribution is -2.12. The molecule has 0 N–H and O–H groups in total. The van der Waals surface area contributed by atoms with Gasteiger partial charge in [0.2, 0.25) is 5.75 Å². The van der Waals surface area contributed by atoms with Crippen LogP contribution in [-0.4, -0.2) is 34.4 Å². The van der Waals surface area contributed by atoms with Crippen molar-refractivity contribution in [2.75, 3.05) is 28.4 Å². The average molecular weight is 462 g/mol. The molecule has 0 saturated heterocycles. The molecule has 4 aromatic rings. The van der Waals surface area contributed by atoms with Gasteiger partial charge in [-0.05, 0) is 48.5 Å². The van der Waals surface area contributed by atoms with E-state index in [2.05, 4.69) is 0 Å². The molecular formula is C26H22O8. The Balaban J connectivity index is 1.80. The molecule has 3 aromatic carbocycles. The van der Waals surface area contributed by atoms with Crippen molar-refractivity contribution in [1.82, 2.24) is 0 Å². The van der Waals surface area contributed by atoms with E-state index < -0.39 is 5.97 Å². The molecule has 0 unspecified atom stereocenters. The van der Waals surface area contributed by atoms with E-state index in [4.69, 9.17) is 28.1 Å². The van der Waals surface area contributed by atoms with Gasteiger partial charge in [0.1, 0.15) is 28.2 Å². The second-order valence-electron chi connectivity index (χ2n) is 7.14. The number of methoxy groups -OCH3 is 4. The van der Waals surface area contributed by atoms with Gasteiger partial charge in [0.05, 0.1) is 34.0 Å². The fourth-order valence-corrected chi connectivity index (χ4v) is 3.47. The molecule has 0 aliphatic carbocycles. The van der Waals surface area contributed by atoms with Crippen molar-refractivity contribution in [1.29, 1.82) is 0 Å². The molecule has 0 aliphatic rings. The summed E-state index contributed by atoms with van der Waals surface area (Å²) in [6, 6.07) is 16.3. The Morgan fingerprint density at radius 1 is 0.735 bits per heavy atom. The van der Waals surface area contributed by atoms with Gasteiger partial charge in [-0.2, -0.15) is 0 Å². The van der Waals surface area contributed by atoms with Gasteiger partial charge in [-0.25, -0.2) is 4.79 Å². The maximum absolute atomic E-state index is 13.1. The average Bonchev–Trinajstić information content (AvgIpc) is 2.88. The van der Waals surface area contributed by atoms with Gasteiger partial charge in [-0.1, -0.05) is 0 Å². The van der Waals surface area contributed by atoms with Crippen LogP contribution < -0.4 is 29.1 Å². The molecule has 0 amide bonds. The minimum absolute atomic E-state index is 0.0252. The minimum atomic E-state index is -0.655. The molecule has 174 valence electrons. The third-order valence-electron chi connectivity index (χ3n) is 5.21. The first kappa shape index (κ1) is 22.7. The van der Waals surface area contributed by atoms with Crippen molar-refractivity contribution in [2.45, 2.75) is 0 Å². The maximum Gasteiger partial charge on any atom is 0.343 e. The molecule has 0 atom stereocenters. The van der Waals surface area contributed by atoms with Crippen molar-refractivity contribution in [3.8, 4) is 40.1 Å². The highest BCUT2D eigenvalue weighted by molar-refractivity contribution is 5.95. The number of esters is 1. The van der Waals surface area contributed by atoms with Gasteiger partial charge in [0, 0.05) is 17.7 Å². The van der Waals surface area contributed by atoms with E-state index in [9.17, 15) is 9.59 Å². The molecule has 1 aromatic heterocycles. The fraction of sp³-hybridized carbons (Fsp3) is 0.154. The van der Waals surface area contributed by atoms with Crippen LogP contribution in [0.2, 0.25) is 0 Å². The third-order valence-corrected chi connectivity index (χ3v) is 5.21. The first-order valence-electron chi connectivity index (χ1n) is 10.2.